The van der Waals surface area contributed by atoms with Gasteiger partial charge in [0.25, 0.3) is 5.56 Å². The molecule has 9 nitrogen and oxygen atoms in total. The van der Waals surface area contributed by atoms with Gasteiger partial charge in [0.15, 0.2) is 0 Å². The number of pyridine rings is 2. The molecule has 0 radical (unpaired) electrons. The summed E-state index contributed by atoms with van der Waals surface area (Å²) in [5, 5.41) is 5.78. The van der Waals surface area contributed by atoms with Crippen LogP contribution in [0.1, 0.15) is 6.92 Å². The Hall–Kier alpha value is -3.11. The summed E-state index contributed by atoms with van der Waals surface area (Å²) >= 11 is 13.3. The number of fused-ring (bicyclic) bond motifs is 1. The summed E-state index contributed by atoms with van der Waals surface area (Å²) in [6, 6.07) is 5.28. The number of morpholine rings is 1. The number of halogens is 2. The molecule has 1 aliphatic rings. The lowest BCUT2D eigenvalue weighted by atomic mass is 10.0. The predicted octanol–water partition coefficient (Wildman–Crippen LogP) is 4.60. The van der Waals surface area contributed by atoms with Crippen molar-refractivity contribution >= 4 is 34.1 Å². The van der Waals surface area contributed by atoms with E-state index < -0.39 is 0 Å². The maximum atomic E-state index is 13.7. The van der Waals surface area contributed by atoms with Crippen LogP contribution in [0.3, 0.4) is 0 Å². The number of benzene rings is 1. The number of methoxy groups -OCH3 is 2. The maximum absolute atomic E-state index is 13.7. The monoisotopic (exact) mass is 557 g/mol. The molecule has 0 N–H and O–H groups in total. The van der Waals surface area contributed by atoms with E-state index in [1.807, 2.05) is 23.9 Å². The van der Waals surface area contributed by atoms with Crippen molar-refractivity contribution in [2.75, 3.05) is 47.1 Å². The van der Waals surface area contributed by atoms with Gasteiger partial charge in [-0.3, -0.25) is 19.4 Å². The minimum atomic E-state index is -0.225. The lowest BCUT2D eigenvalue weighted by molar-refractivity contribution is 0.0360. The molecule has 200 valence electrons. The van der Waals surface area contributed by atoms with Gasteiger partial charge in [-0.15, -0.1) is 0 Å². The van der Waals surface area contributed by atoms with E-state index in [1.54, 1.807) is 29.1 Å². The van der Waals surface area contributed by atoms with E-state index in [0.717, 1.165) is 61.6 Å². The first-order chi connectivity index (χ1) is 18.4. The molecular formula is C27H29Cl2N5O4. The number of hydrogen-bond donors (Lipinski definition) is 0. The van der Waals surface area contributed by atoms with E-state index in [0.29, 0.717) is 29.2 Å². The third-order valence-corrected chi connectivity index (χ3v) is 7.57. The zero-order valence-electron chi connectivity index (χ0n) is 21.5. The highest BCUT2D eigenvalue weighted by Gasteiger charge is 2.23. The Labute approximate surface area is 230 Å². The summed E-state index contributed by atoms with van der Waals surface area (Å²) in [5.74, 6) is 0.731. The lowest BCUT2D eigenvalue weighted by Gasteiger charge is -2.26. The maximum Gasteiger partial charge on any atom is 0.259 e. The normalized spacial score (nSPS) is 14.2. The minimum Gasteiger partial charge on any atom is -0.495 e. The number of hydrogen-bond acceptors (Lipinski definition) is 7. The highest BCUT2D eigenvalue weighted by molar-refractivity contribution is 6.41. The van der Waals surface area contributed by atoms with E-state index in [4.69, 9.17) is 37.4 Å². The highest BCUT2D eigenvalue weighted by Crippen LogP contribution is 2.45. The van der Waals surface area contributed by atoms with Crippen molar-refractivity contribution in [3.8, 4) is 33.9 Å². The van der Waals surface area contributed by atoms with Crippen LogP contribution < -0.4 is 15.0 Å². The van der Waals surface area contributed by atoms with Gasteiger partial charge in [0.05, 0.1) is 67.0 Å². The van der Waals surface area contributed by atoms with Crippen LogP contribution in [0, 0.1) is 0 Å². The SMILES string of the molecule is CCn1c(=O)c(-c2c(Cl)c(OC)cc(OC)c2Cl)cc2cnc(-c3cnn(CCN4CCOCC4)c3)cc21. The molecule has 0 aliphatic carbocycles. The fourth-order valence-corrected chi connectivity index (χ4v) is 5.44. The molecule has 38 heavy (non-hydrogen) atoms. The van der Waals surface area contributed by atoms with Crippen molar-refractivity contribution in [3.63, 3.8) is 0 Å². The molecule has 1 fully saturated rings. The molecule has 0 atom stereocenters. The molecule has 11 heteroatoms. The van der Waals surface area contributed by atoms with Crippen molar-refractivity contribution in [1.82, 2.24) is 24.2 Å². The molecule has 5 rings (SSSR count). The second kappa shape index (κ2) is 11.3. The Morgan fingerprint density at radius 3 is 2.37 bits per heavy atom. The Kier molecular flexibility index (Phi) is 7.90. The van der Waals surface area contributed by atoms with E-state index >= 15 is 0 Å². The molecule has 1 aromatic carbocycles. The Morgan fingerprint density at radius 1 is 1.00 bits per heavy atom. The Balaban J connectivity index is 1.53. The number of rotatable bonds is 8. The number of aromatic nitrogens is 4. The second-order valence-corrected chi connectivity index (χ2v) is 9.72. The van der Waals surface area contributed by atoms with Crippen LogP contribution in [-0.4, -0.2) is 71.3 Å². The van der Waals surface area contributed by atoms with Crippen LogP contribution in [0.2, 0.25) is 10.0 Å². The number of aryl methyl sites for hydroxylation is 1. The van der Waals surface area contributed by atoms with Crippen molar-refractivity contribution in [3.05, 3.63) is 57.2 Å². The molecule has 0 unspecified atom stereocenters. The summed E-state index contributed by atoms with van der Waals surface area (Å²) in [6.45, 7) is 7.49. The molecule has 4 aromatic rings. The topological polar surface area (TPSA) is 83.6 Å². The summed E-state index contributed by atoms with van der Waals surface area (Å²) in [6.07, 6.45) is 5.54. The fraction of sp³-hybridized carbons (Fsp3) is 0.370. The second-order valence-electron chi connectivity index (χ2n) is 8.97. The van der Waals surface area contributed by atoms with Gasteiger partial charge in [0.1, 0.15) is 11.5 Å². The van der Waals surface area contributed by atoms with Gasteiger partial charge in [0.2, 0.25) is 0 Å². The van der Waals surface area contributed by atoms with Gasteiger partial charge in [0, 0.05) is 61.2 Å². The molecule has 1 aliphatic heterocycles. The molecule has 0 bridgehead atoms. The van der Waals surface area contributed by atoms with Gasteiger partial charge in [-0.25, -0.2) is 0 Å². The molecule has 0 amide bonds. The predicted molar refractivity (Wildman–Crippen MR) is 149 cm³/mol. The average molecular weight is 558 g/mol. The standard InChI is InChI=1S/C27H29Cl2N5O4/c1-4-34-21-12-20(18-15-31-33(16-18)6-5-32-7-9-38-10-8-32)30-14-17(21)11-19(27(34)35)24-25(28)22(36-2)13-23(37-3)26(24)29/h11-16H,4-10H2,1-3H3. The zero-order valence-corrected chi connectivity index (χ0v) is 23.1. The van der Waals surface area contributed by atoms with E-state index in [9.17, 15) is 4.79 Å². The van der Waals surface area contributed by atoms with Crippen LogP contribution >= 0.6 is 23.2 Å². The van der Waals surface area contributed by atoms with Crippen molar-refractivity contribution in [2.24, 2.45) is 0 Å². The summed E-state index contributed by atoms with van der Waals surface area (Å²) in [4.78, 5) is 20.8. The van der Waals surface area contributed by atoms with Gasteiger partial charge < -0.3 is 18.8 Å². The first-order valence-corrected chi connectivity index (χ1v) is 13.2. The minimum absolute atomic E-state index is 0.225. The lowest BCUT2D eigenvalue weighted by Crippen LogP contribution is -2.38. The first-order valence-electron chi connectivity index (χ1n) is 12.4. The largest absolute Gasteiger partial charge is 0.495 e. The third-order valence-electron chi connectivity index (χ3n) is 6.82. The Bertz CT molecular complexity index is 1500. The van der Waals surface area contributed by atoms with Crippen LogP contribution in [-0.2, 0) is 17.8 Å². The van der Waals surface area contributed by atoms with E-state index in [1.165, 1.54) is 14.2 Å². The van der Waals surface area contributed by atoms with Gasteiger partial charge >= 0.3 is 0 Å². The van der Waals surface area contributed by atoms with Crippen molar-refractivity contribution < 1.29 is 14.2 Å². The van der Waals surface area contributed by atoms with Crippen LogP contribution in [0.5, 0.6) is 11.5 Å². The van der Waals surface area contributed by atoms with Crippen molar-refractivity contribution in [2.45, 2.75) is 20.0 Å². The third kappa shape index (κ3) is 4.99. The summed E-state index contributed by atoms with van der Waals surface area (Å²) < 4.78 is 19.8. The first kappa shape index (κ1) is 26.5. The smallest absolute Gasteiger partial charge is 0.259 e. The summed E-state index contributed by atoms with van der Waals surface area (Å²) in [5.41, 5.74) is 2.87. The average Bonchev–Trinajstić information content (AvgIpc) is 3.42. The summed E-state index contributed by atoms with van der Waals surface area (Å²) in [7, 11) is 3.00. The van der Waals surface area contributed by atoms with Crippen LogP contribution in [0.25, 0.3) is 33.3 Å². The zero-order chi connectivity index (χ0) is 26.8. The molecule has 0 saturated carbocycles. The van der Waals surface area contributed by atoms with Crippen molar-refractivity contribution in [1.29, 1.82) is 0 Å². The van der Waals surface area contributed by atoms with E-state index in [-0.39, 0.29) is 15.6 Å². The van der Waals surface area contributed by atoms with Gasteiger partial charge in [-0.05, 0) is 19.1 Å². The number of nitrogens with zero attached hydrogens (tertiary/aromatic N) is 5. The number of ether oxygens (including phenoxy) is 3. The highest BCUT2D eigenvalue weighted by atomic mass is 35.5. The van der Waals surface area contributed by atoms with E-state index in [2.05, 4.69) is 15.0 Å². The van der Waals surface area contributed by atoms with Crippen LogP contribution in [0.4, 0.5) is 0 Å². The molecule has 4 heterocycles. The molecule has 1 saturated heterocycles. The quantitative estimate of drug-likeness (QED) is 0.313. The fourth-order valence-electron chi connectivity index (χ4n) is 4.73. The molecular weight excluding hydrogens is 529 g/mol. The molecule has 0 spiro atoms. The van der Waals surface area contributed by atoms with Gasteiger partial charge in [-0.2, -0.15) is 5.10 Å². The molecule has 3 aromatic heterocycles. The Morgan fingerprint density at radius 2 is 1.71 bits per heavy atom. The van der Waals surface area contributed by atoms with Crippen LogP contribution in [0.15, 0.2) is 41.6 Å². The van der Waals surface area contributed by atoms with Gasteiger partial charge in [-0.1, -0.05) is 23.2 Å².